The van der Waals surface area contributed by atoms with E-state index in [1.807, 2.05) is 0 Å². The van der Waals surface area contributed by atoms with Gasteiger partial charge in [-0.1, -0.05) is 60.7 Å². The number of rotatable bonds is 4. The summed E-state index contributed by atoms with van der Waals surface area (Å²) in [6.45, 7) is 0. The van der Waals surface area contributed by atoms with E-state index in [0.717, 1.165) is 32.1 Å². The van der Waals surface area contributed by atoms with E-state index in [-0.39, 0.29) is 5.54 Å². The molecule has 0 spiro atoms. The van der Waals surface area contributed by atoms with Gasteiger partial charge in [0, 0.05) is 11.6 Å². The van der Waals surface area contributed by atoms with Gasteiger partial charge in [0.15, 0.2) is 0 Å². The fourth-order valence-electron chi connectivity index (χ4n) is 3.77. The Bertz CT molecular complexity index is 581. The van der Waals surface area contributed by atoms with Gasteiger partial charge in [-0.15, -0.1) is 0 Å². The monoisotopic (exact) mass is 294 g/mol. The first-order valence-electron chi connectivity index (χ1n) is 8.28. The Morgan fingerprint density at radius 2 is 1.50 bits per heavy atom. The van der Waals surface area contributed by atoms with Crippen molar-refractivity contribution in [2.45, 2.75) is 43.7 Å². The van der Waals surface area contributed by atoms with E-state index in [1.165, 1.54) is 11.1 Å². The molecule has 0 heterocycles. The van der Waals surface area contributed by atoms with Gasteiger partial charge >= 0.3 is 0 Å². The molecule has 22 heavy (non-hydrogen) atoms. The Morgan fingerprint density at radius 1 is 0.909 bits per heavy atom. The highest BCUT2D eigenvalue weighted by molar-refractivity contribution is 5.21. The zero-order valence-electron chi connectivity index (χ0n) is 13.1. The van der Waals surface area contributed by atoms with Gasteiger partial charge in [0.05, 0.1) is 0 Å². The van der Waals surface area contributed by atoms with Gasteiger partial charge in [-0.2, -0.15) is 0 Å². The van der Waals surface area contributed by atoms with E-state index >= 15 is 0 Å². The van der Waals surface area contributed by atoms with Crippen LogP contribution in [0.25, 0.3) is 0 Å². The van der Waals surface area contributed by atoms with Gasteiger partial charge in [0.2, 0.25) is 0 Å². The van der Waals surface area contributed by atoms with Crippen molar-refractivity contribution in [1.29, 1.82) is 0 Å². The summed E-state index contributed by atoms with van der Waals surface area (Å²) in [6.07, 6.45) is 5.04. The van der Waals surface area contributed by atoms with Crippen LogP contribution in [-0.4, -0.2) is 11.6 Å². The van der Waals surface area contributed by atoms with Crippen LogP contribution in [0.3, 0.4) is 0 Å². The van der Waals surface area contributed by atoms with Crippen LogP contribution in [0.15, 0.2) is 60.7 Å². The fraction of sp³-hybridized carbons (Fsp3) is 0.400. The summed E-state index contributed by atoms with van der Waals surface area (Å²) in [4.78, 5) is 0. The molecule has 1 fully saturated rings. The molecule has 0 saturated heterocycles. The van der Waals surface area contributed by atoms with Crippen LogP contribution in [0.4, 0.5) is 0 Å². The van der Waals surface area contributed by atoms with E-state index in [0.29, 0.717) is 12.0 Å². The summed E-state index contributed by atoms with van der Waals surface area (Å²) in [5.41, 5.74) is 15.7. The van der Waals surface area contributed by atoms with Gasteiger partial charge in [-0.3, -0.25) is 0 Å². The lowest BCUT2D eigenvalue weighted by atomic mass is 9.67. The smallest absolute Gasteiger partial charge is 0.0228 e. The fourth-order valence-corrected chi connectivity index (χ4v) is 3.77. The van der Waals surface area contributed by atoms with Crippen molar-refractivity contribution in [1.82, 2.24) is 0 Å². The first-order chi connectivity index (χ1) is 10.7. The molecular formula is C20H26N2. The zero-order valence-corrected chi connectivity index (χ0v) is 13.1. The van der Waals surface area contributed by atoms with Crippen LogP contribution >= 0.6 is 0 Å². The molecule has 2 aromatic carbocycles. The second-order valence-electron chi connectivity index (χ2n) is 6.82. The van der Waals surface area contributed by atoms with E-state index in [4.69, 9.17) is 11.5 Å². The molecule has 0 radical (unpaired) electrons. The lowest BCUT2D eigenvalue weighted by Gasteiger charge is -2.44. The van der Waals surface area contributed by atoms with E-state index < -0.39 is 0 Å². The van der Waals surface area contributed by atoms with Crippen LogP contribution in [0, 0.1) is 5.92 Å². The van der Waals surface area contributed by atoms with Crippen LogP contribution in [0.5, 0.6) is 0 Å². The summed E-state index contributed by atoms with van der Waals surface area (Å²) in [5.74, 6) is 0.443. The van der Waals surface area contributed by atoms with Crippen molar-refractivity contribution in [2.75, 3.05) is 0 Å². The van der Waals surface area contributed by atoms with Gasteiger partial charge in [0.25, 0.3) is 0 Å². The molecular weight excluding hydrogens is 268 g/mol. The zero-order chi connectivity index (χ0) is 15.4. The summed E-state index contributed by atoms with van der Waals surface area (Å²) in [5, 5.41) is 0. The third kappa shape index (κ3) is 3.57. The summed E-state index contributed by atoms with van der Waals surface area (Å²) >= 11 is 0. The average molecular weight is 294 g/mol. The predicted molar refractivity (Wildman–Crippen MR) is 92.5 cm³/mol. The molecule has 0 aliphatic heterocycles. The highest BCUT2D eigenvalue weighted by atomic mass is 14.8. The number of benzene rings is 2. The molecule has 2 heteroatoms. The van der Waals surface area contributed by atoms with E-state index in [2.05, 4.69) is 60.7 Å². The van der Waals surface area contributed by atoms with Crippen molar-refractivity contribution < 1.29 is 0 Å². The standard InChI is InChI=1S/C20H26N2/c21-19-11-12-20(22,15-17-9-5-2-6-10-17)18(14-19)13-16-7-3-1-4-8-16/h1-10,18-19H,11-15,21-22H2. The lowest BCUT2D eigenvalue weighted by molar-refractivity contribution is 0.170. The predicted octanol–water partition coefficient (Wildman–Crippen LogP) is 3.30. The maximum Gasteiger partial charge on any atom is 0.0228 e. The summed E-state index contributed by atoms with van der Waals surface area (Å²) in [7, 11) is 0. The third-order valence-electron chi connectivity index (χ3n) is 5.08. The quantitative estimate of drug-likeness (QED) is 0.909. The molecule has 2 nitrogen and oxygen atoms in total. The Labute approximate surface area is 133 Å². The second-order valence-corrected chi connectivity index (χ2v) is 6.82. The Kier molecular flexibility index (Phi) is 4.60. The van der Waals surface area contributed by atoms with Crippen molar-refractivity contribution in [3.8, 4) is 0 Å². The lowest BCUT2D eigenvalue weighted by Crippen LogP contribution is -2.55. The first-order valence-corrected chi connectivity index (χ1v) is 8.28. The Hall–Kier alpha value is -1.64. The maximum atomic E-state index is 6.89. The topological polar surface area (TPSA) is 52.0 Å². The number of hydrogen-bond acceptors (Lipinski definition) is 2. The molecule has 2 aromatic rings. The van der Waals surface area contributed by atoms with Gasteiger partial charge in [-0.05, 0) is 49.1 Å². The largest absolute Gasteiger partial charge is 0.328 e. The number of nitrogens with two attached hydrogens (primary N) is 2. The van der Waals surface area contributed by atoms with Crippen LogP contribution in [0.1, 0.15) is 30.4 Å². The Balaban J connectivity index is 1.79. The molecule has 3 rings (SSSR count). The minimum atomic E-state index is -0.146. The maximum absolute atomic E-state index is 6.89. The molecule has 0 bridgehead atoms. The van der Waals surface area contributed by atoms with Crippen molar-refractivity contribution >= 4 is 0 Å². The van der Waals surface area contributed by atoms with E-state index in [1.54, 1.807) is 0 Å². The Morgan fingerprint density at radius 3 is 2.14 bits per heavy atom. The molecule has 0 aromatic heterocycles. The third-order valence-corrected chi connectivity index (χ3v) is 5.08. The van der Waals surface area contributed by atoms with Crippen LogP contribution in [0.2, 0.25) is 0 Å². The minimum absolute atomic E-state index is 0.146. The highest BCUT2D eigenvalue weighted by Gasteiger charge is 2.39. The van der Waals surface area contributed by atoms with Crippen molar-refractivity contribution in [2.24, 2.45) is 17.4 Å². The molecule has 1 saturated carbocycles. The second kappa shape index (κ2) is 6.64. The summed E-state index contributed by atoms with van der Waals surface area (Å²) in [6, 6.07) is 21.6. The highest BCUT2D eigenvalue weighted by Crippen LogP contribution is 2.36. The normalized spacial score (nSPS) is 28.5. The van der Waals surface area contributed by atoms with Gasteiger partial charge in [-0.25, -0.2) is 0 Å². The SMILES string of the molecule is NC1CCC(N)(Cc2ccccc2)C(Cc2ccccc2)C1. The van der Waals surface area contributed by atoms with Crippen molar-refractivity contribution in [3.63, 3.8) is 0 Å². The minimum Gasteiger partial charge on any atom is -0.328 e. The molecule has 4 N–H and O–H groups in total. The van der Waals surface area contributed by atoms with Crippen molar-refractivity contribution in [3.05, 3.63) is 71.8 Å². The van der Waals surface area contributed by atoms with Gasteiger partial charge in [0.1, 0.15) is 0 Å². The first kappa shape index (κ1) is 15.3. The molecule has 116 valence electrons. The number of hydrogen-bond donors (Lipinski definition) is 2. The van der Waals surface area contributed by atoms with Crippen LogP contribution < -0.4 is 11.5 Å². The molecule has 3 unspecified atom stereocenters. The molecule has 1 aliphatic carbocycles. The molecule has 3 atom stereocenters. The van der Waals surface area contributed by atoms with E-state index in [9.17, 15) is 0 Å². The molecule has 1 aliphatic rings. The summed E-state index contributed by atoms with van der Waals surface area (Å²) < 4.78 is 0. The molecule has 0 amide bonds. The average Bonchev–Trinajstić information content (AvgIpc) is 2.53. The van der Waals surface area contributed by atoms with Gasteiger partial charge < -0.3 is 11.5 Å². The van der Waals surface area contributed by atoms with Crippen LogP contribution in [-0.2, 0) is 12.8 Å².